The third kappa shape index (κ3) is 3.95. The van der Waals surface area contributed by atoms with Gasteiger partial charge < -0.3 is 15.0 Å². The average molecular weight is 429 g/mol. The number of ether oxygens (including phenoxy) is 1. The van der Waals surface area contributed by atoms with Crippen LogP contribution in [0.5, 0.6) is 5.75 Å². The third-order valence-corrected chi connectivity index (χ3v) is 5.65. The number of nitrogens with one attached hydrogen (secondary N) is 1. The molecule has 0 atom stereocenters. The van der Waals surface area contributed by atoms with Crippen LogP contribution in [0, 0.1) is 11.6 Å². The minimum absolute atomic E-state index is 0.0877. The number of carbonyl (C=O) groups is 3. The first-order valence-electron chi connectivity index (χ1n) is 9.96. The topological polar surface area (TPSA) is 79.0 Å². The summed E-state index contributed by atoms with van der Waals surface area (Å²) in [5.74, 6) is -2.37. The van der Waals surface area contributed by atoms with Crippen LogP contribution in [0.4, 0.5) is 13.6 Å². The van der Waals surface area contributed by atoms with Crippen molar-refractivity contribution in [2.24, 2.45) is 0 Å². The van der Waals surface area contributed by atoms with Crippen molar-refractivity contribution in [3.8, 4) is 5.75 Å². The smallest absolute Gasteiger partial charge is 0.325 e. The quantitative estimate of drug-likeness (QED) is 0.741. The number of amides is 4. The highest BCUT2D eigenvalue weighted by Gasteiger charge is 2.52. The lowest BCUT2D eigenvalue weighted by Gasteiger charge is -2.37. The molecule has 0 radical (unpaired) electrons. The second-order valence-electron chi connectivity index (χ2n) is 7.52. The predicted molar refractivity (Wildman–Crippen MR) is 106 cm³/mol. The molecular formula is C22H21F2N3O4. The number of halogens is 2. The second-order valence-corrected chi connectivity index (χ2v) is 7.52. The molecular weight excluding hydrogens is 408 g/mol. The third-order valence-electron chi connectivity index (χ3n) is 5.65. The van der Waals surface area contributed by atoms with Gasteiger partial charge in [0, 0.05) is 13.1 Å². The summed E-state index contributed by atoms with van der Waals surface area (Å²) in [6.45, 7) is 0.417. The van der Waals surface area contributed by atoms with E-state index < -0.39 is 34.7 Å². The van der Waals surface area contributed by atoms with Gasteiger partial charge in [-0.2, -0.15) is 0 Å². The molecule has 2 aromatic carbocycles. The molecule has 2 fully saturated rings. The number of imide groups is 1. The largest absolute Gasteiger partial charge is 0.492 e. The fraction of sp³-hybridized carbons (Fsp3) is 0.318. The number of carbonyl (C=O) groups excluding carboxylic acids is 3. The molecule has 0 saturated carbocycles. The van der Waals surface area contributed by atoms with Crippen molar-refractivity contribution < 1.29 is 27.9 Å². The fourth-order valence-electron chi connectivity index (χ4n) is 3.94. The van der Waals surface area contributed by atoms with Gasteiger partial charge in [-0.25, -0.2) is 13.6 Å². The molecule has 31 heavy (non-hydrogen) atoms. The molecule has 2 aromatic rings. The lowest BCUT2D eigenvalue weighted by Crippen LogP contribution is -2.56. The molecule has 0 aliphatic carbocycles. The zero-order valence-electron chi connectivity index (χ0n) is 16.6. The Morgan fingerprint density at radius 1 is 1.00 bits per heavy atom. The van der Waals surface area contributed by atoms with Gasteiger partial charge in [0.25, 0.3) is 11.8 Å². The molecule has 4 amide bonds. The minimum atomic E-state index is -1.12. The first kappa shape index (κ1) is 20.8. The van der Waals surface area contributed by atoms with E-state index in [1.54, 1.807) is 12.1 Å². The molecule has 162 valence electrons. The lowest BCUT2D eigenvalue weighted by atomic mass is 9.87. The normalized spacial score (nSPS) is 17.7. The van der Waals surface area contributed by atoms with Crippen LogP contribution < -0.4 is 10.1 Å². The van der Waals surface area contributed by atoms with Gasteiger partial charge in [-0.05, 0) is 37.1 Å². The Bertz CT molecular complexity index is 987. The summed E-state index contributed by atoms with van der Waals surface area (Å²) in [4.78, 5) is 40.3. The summed E-state index contributed by atoms with van der Waals surface area (Å²) < 4.78 is 33.4. The van der Waals surface area contributed by atoms with Gasteiger partial charge in [-0.15, -0.1) is 0 Å². The second kappa shape index (κ2) is 8.33. The summed E-state index contributed by atoms with van der Waals surface area (Å²) in [6, 6.07) is 11.8. The number of urea groups is 1. The van der Waals surface area contributed by atoms with Crippen LogP contribution in [0.15, 0.2) is 48.5 Å². The van der Waals surface area contributed by atoms with Crippen molar-refractivity contribution in [2.45, 2.75) is 18.4 Å². The van der Waals surface area contributed by atoms with Crippen LogP contribution in [0.3, 0.4) is 0 Å². The van der Waals surface area contributed by atoms with E-state index in [0.717, 1.165) is 17.0 Å². The standard InChI is InChI=1S/C22H21F2N3O4/c23-16-7-4-8-17(24)18(16)19(28)26-11-9-22(10-12-26)20(29)27(21(30)25-22)13-14-31-15-5-2-1-3-6-15/h1-8H,9-14H2,(H,25,30). The molecule has 2 aliphatic rings. The number of rotatable bonds is 5. The van der Waals surface area contributed by atoms with Gasteiger partial charge in [0.2, 0.25) is 0 Å². The maximum absolute atomic E-state index is 13.9. The summed E-state index contributed by atoms with van der Waals surface area (Å²) in [5, 5.41) is 2.74. The zero-order valence-corrected chi connectivity index (χ0v) is 16.6. The number of nitrogens with zero attached hydrogens (tertiary/aromatic N) is 2. The Balaban J connectivity index is 1.37. The summed E-state index contributed by atoms with van der Waals surface area (Å²) in [7, 11) is 0. The number of hydrogen-bond donors (Lipinski definition) is 1. The highest BCUT2D eigenvalue weighted by Crippen LogP contribution is 2.30. The average Bonchev–Trinajstić information content (AvgIpc) is 2.98. The van der Waals surface area contributed by atoms with Crippen molar-refractivity contribution in [3.05, 3.63) is 65.7 Å². The fourth-order valence-corrected chi connectivity index (χ4v) is 3.94. The highest BCUT2D eigenvalue weighted by molar-refractivity contribution is 6.07. The van der Waals surface area contributed by atoms with Crippen molar-refractivity contribution in [3.63, 3.8) is 0 Å². The van der Waals surface area contributed by atoms with E-state index in [1.165, 1.54) is 11.0 Å². The summed E-state index contributed by atoms with van der Waals surface area (Å²) in [5.41, 5.74) is -1.73. The molecule has 4 rings (SSSR count). The lowest BCUT2D eigenvalue weighted by molar-refractivity contribution is -0.133. The number of para-hydroxylation sites is 1. The molecule has 0 bridgehead atoms. The number of hydrogen-bond acceptors (Lipinski definition) is 4. The minimum Gasteiger partial charge on any atom is -0.492 e. The molecule has 0 unspecified atom stereocenters. The van der Waals surface area contributed by atoms with Gasteiger partial charge in [0.1, 0.15) is 35.1 Å². The first-order valence-corrected chi connectivity index (χ1v) is 9.96. The van der Waals surface area contributed by atoms with E-state index >= 15 is 0 Å². The zero-order chi connectivity index (χ0) is 22.0. The first-order chi connectivity index (χ1) is 14.9. The Labute approximate surface area is 177 Å². The van der Waals surface area contributed by atoms with Crippen molar-refractivity contribution in [2.75, 3.05) is 26.2 Å². The van der Waals surface area contributed by atoms with E-state index in [4.69, 9.17) is 4.74 Å². The van der Waals surface area contributed by atoms with Gasteiger partial charge in [0.15, 0.2) is 0 Å². The molecule has 1 N–H and O–H groups in total. The SMILES string of the molecule is O=C(c1c(F)cccc1F)N1CCC2(CC1)NC(=O)N(CCOc1ccccc1)C2=O. The molecule has 9 heteroatoms. The maximum atomic E-state index is 13.9. The van der Waals surface area contributed by atoms with Crippen LogP contribution in [0.2, 0.25) is 0 Å². The van der Waals surface area contributed by atoms with Crippen LogP contribution in [0.25, 0.3) is 0 Å². The van der Waals surface area contributed by atoms with Gasteiger partial charge in [-0.3, -0.25) is 14.5 Å². The van der Waals surface area contributed by atoms with Crippen LogP contribution in [0.1, 0.15) is 23.2 Å². The summed E-state index contributed by atoms with van der Waals surface area (Å²) in [6.07, 6.45) is 0.324. The van der Waals surface area contributed by atoms with Crippen molar-refractivity contribution >= 4 is 17.8 Å². The van der Waals surface area contributed by atoms with E-state index in [9.17, 15) is 23.2 Å². The number of piperidine rings is 1. The van der Waals surface area contributed by atoms with E-state index in [0.29, 0.717) is 5.75 Å². The molecule has 2 saturated heterocycles. The summed E-state index contributed by atoms with van der Waals surface area (Å²) >= 11 is 0. The highest BCUT2D eigenvalue weighted by atomic mass is 19.1. The van der Waals surface area contributed by atoms with Crippen LogP contribution >= 0.6 is 0 Å². The molecule has 2 aliphatic heterocycles. The molecule has 1 spiro atoms. The molecule has 2 heterocycles. The van der Waals surface area contributed by atoms with E-state index in [1.807, 2.05) is 18.2 Å². The van der Waals surface area contributed by atoms with Gasteiger partial charge in [-0.1, -0.05) is 24.3 Å². The van der Waals surface area contributed by atoms with E-state index in [2.05, 4.69) is 5.32 Å². The van der Waals surface area contributed by atoms with Crippen molar-refractivity contribution in [1.29, 1.82) is 0 Å². The maximum Gasteiger partial charge on any atom is 0.325 e. The Morgan fingerprint density at radius 3 is 2.29 bits per heavy atom. The van der Waals surface area contributed by atoms with E-state index in [-0.39, 0.29) is 45.0 Å². The predicted octanol–water partition coefficient (Wildman–Crippen LogP) is 2.57. The Morgan fingerprint density at radius 2 is 1.65 bits per heavy atom. The van der Waals surface area contributed by atoms with Crippen molar-refractivity contribution in [1.82, 2.24) is 15.1 Å². The number of benzene rings is 2. The van der Waals surface area contributed by atoms with Gasteiger partial charge >= 0.3 is 6.03 Å². The van der Waals surface area contributed by atoms with Crippen LogP contribution in [-0.4, -0.2) is 59.4 Å². The Kier molecular flexibility index (Phi) is 5.58. The van der Waals surface area contributed by atoms with Gasteiger partial charge in [0.05, 0.1) is 6.54 Å². The monoisotopic (exact) mass is 429 g/mol. The van der Waals surface area contributed by atoms with Crippen LogP contribution in [-0.2, 0) is 4.79 Å². The molecule has 7 nitrogen and oxygen atoms in total. The Hall–Kier alpha value is -3.49. The molecule has 0 aromatic heterocycles. The number of likely N-dealkylation sites (tertiary alicyclic amines) is 1.